The zero-order valence-corrected chi connectivity index (χ0v) is 13.1. The summed E-state index contributed by atoms with van der Waals surface area (Å²) in [5.41, 5.74) is 0. The summed E-state index contributed by atoms with van der Waals surface area (Å²) >= 11 is 0. The lowest BCUT2D eigenvalue weighted by Gasteiger charge is -2.16. The fraction of sp³-hybridized carbons (Fsp3) is 1.00. The number of aliphatic hydroxyl groups excluding tert-OH is 2. The van der Waals surface area contributed by atoms with Crippen LogP contribution in [0.25, 0.3) is 0 Å². The molecule has 3 N–H and O–H groups in total. The molecule has 4 nitrogen and oxygen atoms in total. The van der Waals surface area contributed by atoms with Crippen molar-refractivity contribution in [3.05, 3.63) is 0 Å². The SMILES string of the molecule is CC(C)CCCOCC(O)CNCC(O)CC(C)C. The van der Waals surface area contributed by atoms with E-state index in [4.69, 9.17) is 4.74 Å². The monoisotopic (exact) mass is 275 g/mol. The Morgan fingerprint density at radius 3 is 2.16 bits per heavy atom. The number of nitrogens with one attached hydrogen (secondary N) is 1. The molecule has 0 aliphatic carbocycles. The van der Waals surface area contributed by atoms with Crippen molar-refractivity contribution in [2.45, 2.75) is 59.2 Å². The van der Waals surface area contributed by atoms with Crippen molar-refractivity contribution < 1.29 is 14.9 Å². The molecule has 19 heavy (non-hydrogen) atoms. The molecule has 116 valence electrons. The molecule has 0 saturated heterocycles. The second-order valence-electron chi connectivity index (χ2n) is 6.21. The van der Waals surface area contributed by atoms with Crippen molar-refractivity contribution in [1.82, 2.24) is 5.32 Å². The van der Waals surface area contributed by atoms with Gasteiger partial charge < -0.3 is 20.3 Å². The lowest BCUT2D eigenvalue weighted by atomic mass is 10.1. The van der Waals surface area contributed by atoms with Gasteiger partial charge in [-0.3, -0.25) is 0 Å². The van der Waals surface area contributed by atoms with E-state index >= 15 is 0 Å². The summed E-state index contributed by atoms with van der Waals surface area (Å²) in [7, 11) is 0. The first-order valence-corrected chi connectivity index (χ1v) is 7.56. The molecule has 0 heterocycles. The third-order valence-electron chi connectivity index (χ3n) is 2.88. The van der Waals surface area contributed by atoms with E-state index in [1.165, 1.54) is 0 Å². The molecule has 0 amide bonds. The number of hydrogen-bond donors (Lipinski definition) is 3. The number of aliphatic hydroxyl groups is 2. The minimum atomic E-state index is -0.495. The lowest BCUT2D eigenvalue weighted by Crippen LogP contribution is -2.35. The van der Waals surface area contributed by atoms with E-state index < -0.39 is 6.10 Å². The van der Waals surface area contributed by atoms with Crippen molar-refractivity contribution in [3.8, 4) is 0 Å². The molecular formula is C15H33NO3. The molecule has 2 atom stereocenters. The van der Waals surface area contributed by atoms with E-state index in [1.54, 1.807) is 0 Å². The lowest BCUT2D eigenvalue weighted by molar-refractivity contribution is 0.0327. The highest BCUT2D eigenvalue weighted by Crippen LogP contribution is 2.04. The maximum atomic E-state index is 9.68. The van der Waals surface area contributed by atoms with Crippen LogP contribution in [0.5, 0.6) is 0 Å². The van der Waals surface area contributed by atoms with Crippen molar-refractivity contribution in [2.24, 2.45) is 11.8 Å². The summed E-state index contributed by atoms with van der Waals surface area (Å²) < 4.78 is 5.42. The van der Waals surface area contributed by atoms with Gasteiger partial charge in [-0.15, -0.1) is 0 Å². The van der Waals surface area contributed by atoms with Crippen LogP contribution < -0.4 is 5.32 Å². The summed E-state index contributed by atoms with van der Waals surface area (Å²) in [6.45, 7) is 10.6. The van der Waals surface area contributed by atoms with Crippen molar-refractivity contribution >= 4 is 0 Å². The van der Waals surface area contributed by atoms with E-state index in [1.807, 2.05) is 0 Å². The fourth-order valence-corrected chi connectivity index (χ4v) is 1.92. The van der Waals surface area contributed by atoms with Gasteiger partial charge in [0.15, 0.2) is 0 Å². The Bertz CT molecular complexity index is 198. The van der Waals surface area contributed by atoms with E-state index in [0.29, 0.717) is 38.1 Å². The molecule has 0 aliphatic heterocycles. The van der Waals surface area contributed by atoms with Crippen LogP contribution in [0.4, 0.5) is 0 Å². The molecule has 0 spiro atoms. The Morgan fingerprint density at radius 2 is 1.58 bits per heavy atom. The maximum Gasteiger partial charge on any atom is 0.0897 e. The largest absolute Gasteiger partial charge is 0.392 e. The summed E-state index contributed by atoms with van der Waals surface area (Å²) in [6, 6.07) is 0. The van der Waals surface area contributed by atoms with E-state index in [2.05, 4.69) is 33.0 Å². The molecule has 2 unspecified atom stereocenters. The third kappa shape index (κ3) is 14.1. The molecular weight excluding hydrogens is 242 g/mol. The number of ether oxygens (including phenoxy) is 1. The van der Waals surface area contributed by atoms with Gasteiger partial charge in [0.05, 0.1) is 18.8 Å². The topological polar surface area (TPSA) is 61.7 Å². The molecule has 0 aliphatic rings. The van der Waals surface area contributed by atoms with Gasteiger partial charge in [0.1, 0.15) is 0 Å². The average molecular weight is 275 g/mol. The highest BCUT2D eigenvalue weighted by molar-refractivity contribution is 4.64. The Labute approximate surface area is 118 Å². The van der Waals surface area contributed by atoms with E-state index in [9.17, 15) is 10.2 Å². The van der Waals surface area contributed by atoms with E-state index in [-0.39, 0.29) is 6.10 Å². The zero-order chi connectivity index (χ0) is 14.7. The highest BCUT2D eigenvalue weighted by Gasteiger charge is 2.08. The van der Waals surface area contributed by atoms with Crippen LogP contribution in [0.15, 0.2) is 0 Å². The Kier molecular flexibility index (Phi) is 11.6. The van der Waals surface area contributed by atoms with Gasteiger partial charge in [0.2, 0.25) is 0 Å². The normalized spacial score (nSPS) is 15.2. The molecule has 0 bridgehead atoms. The minimum Gasteiger partial charge on any atom is -0.392 e. The van der Waals surface area contributed by atoms with Crippen LogP contribution in [0, 0.1) is 11.8 Å². The standard InChI is InChI=1S/C15H33NO3/c1-12(2)6-5-7-19-11-15(18)10-16-9-14(17)8-13(3)4/h12-18H,5-11H2,1-4H3. The quantitative estimate of drug-likeness (QED) is 0.475. The second kappa shape index (κ2) is 11.6. The Morgan fingerprint density at radius 1 is 0.947 bits per heavy atom. The highest BCUT2D eigenvalue weighted by atomic mass is 16.5. The summed E-state index contributed by atoms with van der Waals surface area (Å²) in [6.07, 6.45) is 2.17. The predicted octanol–water partition coefficient (Wildman–Crippen LogP) is 1.80. The van der Waals surface area contributed by atoms with Crippen molar-refractivity contribution in [2.75, 3.05) is 26.3 Å². The Balaban J connectivity index is 3.36. The van der Waals surface area contributed by atoms with Gasteiger partial charge in [0, 0.05) is 19.7 Å². The average Bonchev–Trinajstić information content (AvgIpc) is 2.27. The number of hydrogen-bond acceptors (Lipinski definition) is 4. The first kappa shape index (κ1) is 18.8. The molecule has 0 radical (unpaired) electrons. The smallest absolute Gasteiger partial charge is 0.0897 e. The van der Waals surface area contributed by atoms with Gasteiger partial charge in [0.25, 0.3) is 0 Å². The van der Waals surface area contributed by atoms with Crippen LogP contribution in [0.2, 0.25) is 0 Å². The molecule has 0 fully saturated rings. The van der Waals surface area contributed by atoms with Crippen molar-refractivity contribution in [1.29, 1.82) is 0 Å². The third-order valence-corrected chi connectivity index (χ3v) is 2.88. The van der Waals surface area contributed by atoms with Gasteiger partial charge in [-0.2, -0.15) is 0 Å². The summed E-state index contributed by atoms with van der Waals surface area (Å²) in [5.74, 6) is 1.20. The molecule has 4 heteroatoms. The van der Waals surface area contributed by atoms with Crippen LogP contribution in [0.3, 0.4) is 0 Å². The second-order valence-corrected chi connectivity index (χ2v) is 6.21. The predicted molar refractivity (Wildman–Crippen MR) is 79.2 cm³/mol. The first-order chi connectivity index (χ1) is 8.91. The maximum absolute atomic E-state index is 9.68. The van der Waals surface area contributed by atoms with Crippen LogP contribution >= 0.6 is 0 Å². The fourth-order valence-electron chi connectivity index (χ4n) is 1.92. The van der Waals surface area contributed by atoms with Crippen molar-refractivity contribution in [3.63, 3.8) is 0 Å². The van der Waals surface area contributed by atoms with E-state index in [0.717, 1.165) is 19.3 Å². The zero-order valence-electron chi connectivity index (χ0n) is 13.1. The first-order valence-electron chi connectivity index (χ1n) is 7.56. The summed E-state index contributed by atoms with van der Waals surface area (Å²) in [4.78, 5) is 0. The van der Waals surface area contributed by atoms with Crippen LogP contribution in [-0.4, -0.2) is 48.7 Å². The van der Waals surface area contributed by atoms with Crippen LogP contribution in [0.1, 0.15) is 47.0 Å². The van der Waals surface area contributed by atoms with Gasteiger partial charge in [-0.05, 0) is 31.1 Å². The Hall–Kier alpha value is -0.160. The summed E-state index contributed by atoms with van der Waals surface area (Å²) in [5, 5.41) is 22.4. The molecule has 0 aromatic heterocycles. The molecule has 0 saturated carbocycles. The molecule has 0 aromatic rings. The molecule has 0 rings (SSSR count). The van der Waals surface area contributed by atoms with Gasteiger partial charge in [-0.1, -0.05) is 27.7 Å². The van der Waals surface area contributed by atoms with Gasteiger partial charge in [-0.25, -0.2) is 0 Å². The van der Waals surface area contributed by atoms with Crippen LogP contribution in [-0.2, 0) is 4.74 Å². The van der Waals surface area contributed by atoms with Gasteiger partial charge >= 0.3 is 0 Å². The minimum absolute atomic E-state index is 0.334. The molecule has 0 aromatic carbocycles. The number of rotatable bonds is 12.